The molecule has 3 aliphatic rings. The summed E-state index contributed by atoms with van der Waals surface area (Å²) in [5.41, 5.74) is 2.70. The number of aromatic hydroxyl groups is 1. The Balaban J connectivity index is 1.70. The molecule has 3 atom stereocenters. The van der Waals surface area contributed by atoms with Crippen molar-refractivity contribution in [1.29, 1.82) is 0 Å². The van der Waals surface area contributed by atoms with E-state index in [9.17, 15) is 14.7 Å². The summed E-state index contributed by atoms with van der Waals surface area (Å²) in [5, 5.41) is 9.73. The van der Waals surface area contributed by atoms with Gasteiger partial charge in [-0.15, -0.1) is 0 Å². The molecule has 160 valence electrons. The molecule has 6 nitrogen and oxygen atoms in total. The third-order valence-electron chi connectivity index (χ3n) is 6.24. The number of ether oxygens (including phenoxy) is 2. The second-order valence-electron chi connectivity index (χ2n) is 9.37. The molecule has 1 aromatic carbocycles. The van der Waals surface area contributed by atoms with Crippen molar-refractivity contribution in [2.24, 2.45) is 16.3 Å². The van der Waals surface area contributed by atoms with Crippen molar-refractivity contribution in [3.05, 3.63) is 41.1 Å². The Morgan fingerprint density at radius 1 is 1.27 bits per heavy atom. The summed E-state index contributed by atoms with van der Waals surface area (Å²) < 4.78 is 11.2. The van der Waals surface area contributed by atoms with E-state index >= 15 is 0 Å². The van der Waals surface area contributed by atoms with E-state index in [1.165, 1.54) is 0 Å². The molecule has 1 N–H and O–H groups in total. The Hall–Kier alpha value is -2.47. The second-order valence-corrected chi connectivity index (χ2v) is 9.37. The first-order chi connectivity index (χ1) is 14.2. The van der Waals surface area contributed by atoms with Crippen LogP contribution in [0.2, 0.25) is 0 Å². The number of carbonyl (C=O) groups is 2. The van der Waals surface area contributed by atoms with Crippen LogP contribution in [0.15, 0.2) is 40.5 Å². The van der Waals surface area contributed by atoms with Crippen molar-refractivity contribution in [2.45, 2.75) is 58.5 Å². The third-order valence-corrected chi connectivity index (χ3v) is 6.24. The van der Waals surface area contributed by atoms with E-state index in [0.717, 1.165) is 24.1 Å². The monoisotopic (exact) mass is 411 g/mol. The van der Waals surface area contributed by atoms with Crippen LogP contribution in [0.5, 0.6) is 5.75 Å². The summed E-state index contributed by atoms with van der Waals surface area (Å²) in [7, 11) is 0. The lowest BCUT2D eigenvalue weighted by Gasteiger charge is -2.39. The number of allylic oxidation sites excluding steroid dienone is 2. The molecule has 0 aromatic heterocycles. The number of hydrogen-bond acceptors (Lipinski definition) is 6. The van der Waals surface area contributed by atoms with Crippen LogP contribution in [0, 0.1) is 11.3 Å². The summed E-state index contributed by atoms with van der Waals surface area (Å²) in [5.74, 6) is -1.33. The smallest absolute Gasteiger partial charge is 0.315 e. The molecule has 2 aliphatic heterocycles. The summed E-state index contributed by atoms with van der Waals surface area (Å²) in [6, 6.07) is 6.72. The number of Topliss-reactive ketones (excluding diaryl/α,β-unsaturated/α-hetero) is 1. The molecule has 4 rings (SSSR count). The highest BCUT2D eigenvalue weighted by atomic mass is 16.6. The number of ketones is 1. The summed E-state index contributed by atoms with van der Waals surface area (Å²) in [4.78, 5) is 31.1. The molecular weight excluding hydrogens is 382 g/mol. The van der Waals surface area contributed by atoms with Gasteiger partial charge in [0.2, 0.25) is 0 Å². The Kier molecular flexibility index (Phi) is 5.53. The lowest BCUT2D eigenvalue weighted by molar-refractivity contribution is -0.149. The molecule has 1 aliphatic carbocycles. The number of phenols is 1. The highest BCUT2D eigenvalue weighted by Crippen LogP contribution is 2.48. The second kappa shape index (κ2) is 7.99. The van der Waals surface area contributed by atoms with Gasteiger partial charge in [0.1, 0.15) is 18.3 Å². The van der Waals surface area contributed by atoms with Gasteiger partial charge >= 0.3 is 5.97 Å². The average Bonchev–Trinajstić information content (AvgIpc) is 3.18. The number of carbonyl (C=O) groups excluding carboxylic acids is 2. The van der Waals surface area contributed by atoms with Gasteiger partial charge in [0, 0.05) is 35.9 Å². The van der Waals surface area contributed by atoms with Gasteiger partial charge in [-0.1, -0.05) is 26.0 Å². The zero-order valence-electron chi connectivity index (χ0n) is 17.8. The maximum Gasteiger partial charge on any atom is 0.315 e. The van der Waals surface area contributed by atoms with Crippen LogP contribution < -0.4 is 0 Å². The van der Waals surface area contributed by atoms with Crippen LogP contribution in [-0.2, 0) is 19.1 Å². The van der Waals surface area contributed by atoms with Gasteiger partial charge in [0.05, 0.1) is 6.10 Å². The molecule has 1 unspecified atom stereocenters. The van der Waals surface area contributed by atoms with Crippen LogP contribution in [0.3, 0.4) is 0 Å². The number of esters is 1. The van der Waals surface area contributed by atoms with Gasteiger partial charge in [-0.25, -0.2) is 0 Å². The molecule has 0 saturated carbocycles. The molecule has 0 bridgehead atoms. The minimum absolute atomic E-state index is 0.0347. The highest BCUT2D eigenvalue weighted by Gasteiger charge is 2.46. The topological polar surface area (TPSA) is 85.2 Å². The number of benzene rings is 1. The van der Waals surface area contributed by atoms with Gasteiger partial charge in [0.25, 0.3) is 0 Å². The summed E-state index contributed by atoms with van der Waals surface area (Å²) in [6.07, 6.45) is 2.91. The zero-order valence-corrected chi connectivity index (χ0v) is 17.8. The van der Waals surface area contributed by atoms with E-state index in [-0.39, 0.29) is 35.6 Å². The molecule has 1 fully saturated rings. The number of rotatable bonds is 4. The molecule has 0 amide bonds. The number of nitrogens with zero attached hydrogens (tertiary/aromatic N) is 1. The Bertz CT molecular complexity index is 906. The van der Waals surface area contributed by atoms with Gasteiger partial charge in [0.15, 0.2) is 5.78 Å². The maximum atomic E-state index is 13.2. The molecule has 1 saturated heterocycles. The van der Waals surface area contributed by atoms with Crippen LogP contribution in [0.25, 0.3) is 0 Å². The first-order valence-electron chi connectivity index (χ1n) is 10.6. The van der Waals surface area contributed by atoms with E-state index in [2.05, 4.69) is 13.8 Å². The number of aliphatic imine (C=N–C) groups is 1. The van der Waals surface area contributed by atoms with E-state index in [1.807, 2.05) is 6.92 Å². The van der Waals surface area contributed by atoms with Crippen molar-refractivity contribution >= 4 is 17.5 Å². The molecule has 30 heavy (non-hydrogen) atoms. The first kappa shape index (κ1) is 20.8. The average molecular weight is 411 g/mol. The van der Waals surface area contributed by atoms with E-state index in [4.69, 9.17) is 14.5 Å². The Labute approximate surface area is 177 Å². The normalized spacial score (nSPS) is 28.2. The van der Waals surface area contributed by atoms with Gasteiger partial charge < -0.3 is 14.6 Å². The standard InChI is InChI=1S/C24H29NO5/c1-14-20(23(28)30-13-17-5-4-10-29-17)21(15-6-8-16(26)9-7-15)22-18(25-14)11-24(2,3)12-19(22)27/h6-9,17,20-21,26H,4-5,10-13H2,1-3H3/t17-,20?,21+/m0/s1. The molecule has 2 heterocycles. The quantitative estimate of drug-likeness (QED) is 0.759. The minimum atomic E-state index is -0.667. The van der Waals surface area contributed by atoms with Crippen LogP contribution in [0.1, 0.15) is 57.9 Å². The van der Waals surface area contributed by atoms with Crippen LogP contribution in [-0.4, -0.2) is 41.9 Å². The first-order valence-corrected chi connectivity index (χ1v) is 10.6. The van der Waals surface area contributed by atoms with Gasteiger partial charge in [-0.05, 0) is 49.3 Å². The van der Waals surface area contributed by atoms with Crippen LogP contribution >= 0.6 is 0 Å². The minimum Gasteiger partial charge on any atom is -0.508 e. The predicted octanol–water partition coefficient (Wildman–Crippen LogP) is 3.93. The van der Waals surface area contributed by atoms with Gasteiger partial charge in [-0.3, -0.25) is 14.6 Å². The van der Waals surface area contributed by atoms with E-state index in [1.54, 1.807) is 24.3 Å². The maximum absolute atomic E-state index is 13.2. The molecule has 0 radical (unpaired) electrons. The Morgan fingerprint density at radius 3 is 2.67 bits per heavy atom. The molecule has 0 spiro atoms. The lowest BCUT2D eigenvalue weighted by Crippen LogP contribution is -2.40. The lowest BCUT2D eigenvalue weighted by atomic mass is 9.67. The Morgan fingerprint density at radius 2 is 2.00 bits per heavy atom. The van der Waals surface area contributed by atoms with Crippen molar-refractivity contribution < 1.29 is 24.2 Å². The summed E-state index contributed by atoms with van der Waals surface area (Å²) in [6.45, 7) is 6.88. The van der Waals surface area contributed by atoms with Gasteiger partial charge in [-0.2, -0.15) is 0 Å². The SMILES string of the molecule is CC1=NC2=C(C(=O)CC(C)(C)C2)[C@H](c2ccc(O)cc2)C1C(=O)OC[C@@H]1CCCO1. The predicted molar refractivity (Wildman–Crippen MR) is 112 cm³/mol. The fourth-order valence-electron chi connectivity index (χ4n) is 4.83. The summed E-state index contributed by atoms with van der Waals surface area (Å²) >= 11 is 0. The molecule has 1 aromatic rings. The van der Waals surface area contributed by atoms with Crippen molar-refractivity contribution in [3.8, 4) is 5.75 Å². The largest absolute Gasteiger partial charge is 0.508 e. The van der Waals surface area contributed by atoms with Crippen LogP contribution in [0.4, 0.5) is 0 Å². The van der Waals surface area contributed by atoms with Crippen molar-refractivity contribution in [1.82, 2.24) is 0 Å². The van der Waals surface area contributed by atoms with E-state index in [0.29, 0.717) is 30.7 Å². The molecular formula is C24H29NO5. The number of hydrogen-bond donors (Lipinski definition) is 1. The van der Waals surface area contributed by atoms with E-state index < -0.39 is 11.8 Å². The third kappa shape index (κ3) is 4.06. The highest BCUT2D eigenvalue weighted by molar-refractivity contribution is 6.09. The van der Waals surface area contributed by atoms with Crippen molar-refractivity contribution in [2.75, 3.05) is 13.2 Å². The molecule has 6 heteroatoms. The fraction of sp³-hybridized carbons (Fsp3) is 0.542. The van der Waals surface area contributed by atoms with Crippen molar-refractivity contribution in [3.63, 3.8) is 0 Å². The fourth-order valence-corrected chi connectivity index (χ4v) is 4.83. The zero-order chi connectivity index (χ0) is 21.5. The number of phenolic OH excluding ortho intramolecular Hbond substituents is 1.